The van der Waals surface area contributed by atoms with Crippen LogP contribution in [0.3, 0.4) is 0 Å². The Labute approximate surface area is 131 Å². The predicted molar refractivity (Wildman–Crippen MR) is 85.4 cm³/mol. The minimum atomic E-state index is -0.293. The zero-order valence-corrected chi connectivity index (χ0v) is 14.0. The molecule has 2 aliphatic carbocycles. The molecule has 0 amide bonds. The van der Waals surface area contributed by atoms with Gasteiger partial charge in [0.2, 0.25) is 0 Å². The summed E-state index contributed by atoms with van der Waals surface area (Å²) in [6, 6.07) is 6.18. The van der Waals surface area contributed by atoms with Crippen molar-refractivity contribution >= 4 is 38.5 Å². The number of hydrogen-bond donors (Lipinski definition) is 1. The minimum Gasteiger partial charge on any atom is -0.388 e. The standard InChI is InChI=1S/C15H18BrIO/c16-12-3-4-14(17)13(8-12)15(18)7-11-6-9-1-2-10(11)5-9/h3-4,8-11,15,18H,1-2,5-7H2. The van der Waals surface area contributed by atoms with E-state index in [-0.39, 0.29) is 6.10 Å². The van der Waals surface area contributed by atoms with Crippen LogP contribution >= 0.6 is 38.5 Å². The number of halogens is 2. The Morgan fingerprint density at radius 1 is 1.33 bits per heavy atom. The smallest absolute Gasteiger partial charge is 0.0803 e. The van der Waals surface area contributed by atoms with E-state index in [1.807, 2.05) is 6.07 Å². The molecule has 0 aliphatic heterocycles. The van der Waals surface area contributed by atoms with Crippen LogP contribution in [-0.4, -0.2) is 5.11 Å². The van der Waals surface area contributed by atoms with Gasteiger partial charge in [-0.05, 0) is 89.8 Å². The van der Waals surface area contributed by atoms with Crippen molar-refractivity contribution in [2.75, 3.05) is 0 Å². The van der Waals surface area contributed by atoms with Gasteiger partial charge in [-0.3, -0.25) is 0 Å². The fraction of sp³-hybridized carbons (Fsp3) is 0.600. The Morgan fingerprint density at radius 2 is 2.17 bits per heavy atom. The van der Waals surface area contributed by atoms with E-state index in [4.69, 9.17) is 0 Å². The first-order valence-corrected chi connectivity index (χ1v) is 8.63. The Bertz CT molecular complexity index is 448. The quantitative estimate of drug-likeness (QED) is 0.688. The van der Waals surface area contributed by atoms with Crippen molar-refractivity contribution in [3.05, 3.63) is 31.8 Å². The molecular weight excluding hydrogens is 403 g/mol. The maximum absolute atomic E-state index is 10.5. The first-order chi connectivity index (χ1) is 8.63. The molecule has 3 rings (SSSR count). The summed E-state index contributed by atoms with van der Waals surface area (Å²) in [7, 11) is 0. The second kappa shape index (κ2) is 5.41. The van der Waals surface area contributed by atoms with Crippen LogP contribution in [0, 0.1) is 21.3 Å². The number of benzene rings is 1. The lowest BCUT2D eigenvalue weighted by Crippen LogP contribution is -2.14. The highest BCUT2D eigenvalue weighted by molar-refractivity contribution is 14.1. The first-order valence-electron chi connectivity index (χ1n) is 6.76. The number of hydrogen-bond acceptors (Lipinski definition) is 1. The summed E-state index contributed by atoms with van der Waals surface area (Å²) in [5.41, 5.74) is 1.09. The molecule has 0 spiro atoms. The third kappa shape index (κ3) is 2.63. The first kappa shape index (κ1) is 13.4. The second-order valence-electron chi connectivity index (χ2n) is 5.85. The van der Waals surface area contributed by atoms with Gasteiger partial charge < -0.3 is 5.11 Å². The highest BCUT2D eigenvalue weighted by Crippen LogP contribution is 2.51. The molecule has 0 heterocycles. The molecule has 4 atom stereocenters. The van der Waals surface area contributed by atoms with Crippen LogP contribution in [0.15, 0.2) is 22.7 Å². The van der Waals surface area contributed by atoms with E-state index in [9.17, 15) is 5.11 Å². The topological polar surface area (TPSA) is 20.2 Å². The van der Waals surface area contributed by atoms with Crippen molar-refractivity contribution in [3.8, 4) is 0 Å². The van der Waals surface area contributed by atoms with Crippen LogP contribution < -0.4 is 0 Å². The third-order valence-electron chi connectivity index (χ3n) is 4.73. The average molecular weight is 421 g/mol. The maximum Gasteiger partial charge on any atom is 0.0803 e. The lowest BCUT2D eigenvalue weighted by atomic mass is 9.83. The van der Waals surface area contributed by atoms with Crippen molar-refractivity contribution in [2.45, 2.75) is 38.2 Å². The summed E-state index contributed by atoms with van der Waals surface area (Å²) >= 11 is 5.82. The summed E-state index contributed by atoms with van der Waals surface area (Å²) in [6.45, 7) is 0. The highest BCUT2D eigenvalue weighted by Gasteiger charge is 2.40. The fourth-order valence-electron chi connectivity index (χ4n) is 3.85. The molecule has 3 heteroatoms. The van der Waals surface area contributed by atoms with Gasteiger partial charge in [0.1, 0.15) is 0 Å². The third-order valence-corrected chi connectivity index (χ3v) is 6.20. The minimum absolute atomic E-state index is 0.293. The molecule has 2 bridgehead atoms. The van der Waals surface area contributed by atoms with Gasteiger partial charge >= 0.3 is 0 Å². The van der Waals surface area contributed by atoms with Crippen LogP contribution in [0.5, 0.6) is 0 Å². The van der Waals surface area contributed by atoms with E-state index >= 15 is 0 Å². The van der Waals surface area contributed by atoms with Gasteiger partial charge in [-0.25, -0.2) is 0 Å². The molecule has 2 saturated carbocycles. The van der Waals surface area contributed by atoms with Gasteiger partial charge in [-0.1, -0.05) is 22.4 Å². The summed E-state index contributed by atoms with van der Waals surface area (Å²) in [5.74, 6) is 2.62. The number of aliphatic hydroxyl groups excluding tert-OH is 1. The van der Waals surface area contributed by atoms with Crippen molar-refractivity contribution in [1.82, 2.24) is 0 Å². The number of rotatable bonds is 3. The Hall–Kier alpha value is 0.390. The van der Waals surface area contributed by atoms with E-state index in [1.54, 1.807) is 0 Å². The maximum atomic E-state index is 10.5. The summed E-state index contributed by atoms with van der Waals surface area (Å²) in [6.07, 6.45) is 6.27. The van der Waals surface area contributed by atoms with Gasteiger partial charge in [-0.2, -0.15) is 0 Å². The van der Waals surface area contributed by atoms with Crippen LogP contribution in [0.1, 0.15) is 43.8 Å². The van der Waals surface area contributed by atoms with E-state index in [1.165, 1.54) is 29.3 Å². The van der Waals surface area contributed by atoms with Crippen LogP contribution in [0.2, 0.25) is 0 Å². The SMILES string of the molecule is OC(CC1CC2CCC1C2)c1cc(Br)ccc1I. The van der Waals surface area contributed by atoms with Crippen molar-refractivity contribution in [1.29, 1.82) is 0 Å². The van der Waals surface area contributed by atoms with E-state index in [0.717, 1.165) is 34.2 Å². The van der Waals surface area contributed by atoms with Gasteiger partial charge in [0.15, 0.2) is 0 Å². The molecule has 0 saturated heterocycles. The summed E-state index contributed by atoms with van der Waals surface area (Å²) < 4.78 is 2.23. The molecule has 1 nitrogen and oxygen atoms in total. The molecule has 2 aliphatic rings. The van der Waals surface area contributed by atoms with E-state index in [2.05, 4.69) is 50.7 Å². The molecule has 0 radical (unpaired) electrons. The van der Waals surface area contributed by atoms with E-state index in [0.29, 0.717) is 0 Å². The number of aliphatic hydroxyl groups is 1. The molecule has 18 heavy (non-hydrogen) atoms. The van der Waals surface area contributed by atoms with Crippen molar-refractivity contribution < 1.29 is 5.11 Å². The zero-order chi connectivity index (χ0) is 12.7. The van der Waals surface area contributed by atoms with Crippen LogP contribution in [0.25, 0.3) is 0 Å². The lowest BCUT2D eigenvalue weighted by Gasteiger charge is -2.24. The fourth-order valence-corrected chi connectivity index (χ4v) is 4.92. The van der Waals surface area contributed by atoms with Gasteiger partial charge in [0.05, 0.1) is 6.10 Å². The van der Waals surface area contributed by atoms with Gasteiger partial charge in [-0.15, -0.1) is 0 Å². The molecular formula is C15H18BrIO. The Morgan fingerprint density at radius 3 is 2.83 bits per heavy atom. The van der Waals surface area contributed by atoms with Gasteiger partial charge in [0.25, 0.3) is 0 Å². The lowest BCUT2D eigenvalue weighted by molar-refractivity contribution is 0.125. The predicted octanol–water partition coefficient (Wildman–Crippen LogP) is 4.91. The van der Waals surface area contributed by atoms with Crippen molar-refractivity contribution in [3.63, 3.8) is 0 Å². The zero-order valence-electron chi connectivity index (χ0n) is 10.3. The summed E-state index contributed by atoms with van der Waals surface area (Å²) in [4.78, 5) is 0. The summed E-state index contributed by atoms with van der Waals surface area (Å²) in [5, 5.41) is 10.5. The molecule has 4 unspecified atom stereocenters. The molecule has 1 aromatic carbocycles. The largest absolute Gasteiger partial charge is 0.388 e. The van der Waals surface area contributed by atoms with Crippen LogP contribution in [0.4, 0.5) is 0 Å². The van der Waals surface area contributed by atoms with Gasteiger partial charge in [0, 0.05) is 8.04 Å². The monoisotopic (exact) mass is 420 g/mol. The molecule has 2 fully saturated rings. The van der Waals surface area contributed by atoms with Crippen LogP contribution in [-0.2, 0) is 0 Å². The average Bonchev–Trinajstić information content (AvgIpc) is 2.94. The van der Waals surface area contributed by atoms with E-state index < -0.39 is 0 Å². The second-order valence-corrected chi connectivity index (χ2v) is 7.93. The molecule has 98 valence electrons. The highest BCUT2D eigenvalue weighted by atomic mass is 127. The molecule has 1 N–H and O–H groups in total. The molecule has 1 aromatic rings. The van der Waals surface area contributed by atoms with Crippen molar-refractivity contribution in [2.24, 2.45) is 17.8 Å². The number of fused-ring (bicyclic) bond motifs is 2. The normalized spacial score (nSPS) is 31.8. The Balaban J connectivity index is 1.71. The Kier molecular flexibility index (Phi) is 4.02. The molecule has 0 aromatic heterocycles.